The molecule has 6 nitrogen and oxygen atoms in total. The van der Waals surface area contributed by atoms with E-state index in [4.69, 9.17) is 28.3 Å². The summed E-state index contributed by atoms with van der Waals surface area (Å²) in [5.74, 6) is -1.24. The zero-order chi connectivity index (χ0) is 27.4. The van der Waals surface area contributed by atoms with Crippen molar-refractivity contribution < 1.29 is 27.9 Å². The molecular formula is C27H26Cl2F3N3O3. The number of nitrogens with zero attached hydrogens (tertiary/aromatic N) is 3. The van der Waals surface area contributed by atoms with Crippen molar-refractivity contribution >= 4 is 46.0 Å². The summed E-state index contributed by atoms with van der Waals surface area (Å²) in [6.07, 6.45) is -2.92. The van der Waals surface area contributed by atoms with E-state index in [2.05, 4.69) is 4.90 Å². The van der Waals surface area contributed by atoms with Crippen molar-refractivity contribution in [2.75, 3.05) is 26.2 Å². The molecule has 3 aromatic rings. The number of fused-ring (bicyclic) bond motifs is 1. The first-order valence-electron chi connectivity index (χ1n) is 12.3. The quantitative estimate of drug-likeness (QED) is 0.428. The summed E-state index contributed by atoms with van der Waals surface area (Å²) in [5, 5.41) is 10.4. The minimum absolute atomic E-state index is 0.212. The minimum atomic E-state index is -4.44. The normalized spacial score (nSPS) is 20.5. The first-order valence-corrected chi connectivity index (χ1v) is 13.1. The third kappa shape index (κ3) is 4.99. The van der Waals surface area contributed by atoms with Crippen molar-refractivity contribution in [3.63, 3.8) is 0 Å². The number of benzene rings is 2. The van der Waals surface area contributed by atoms with E-state index in [1.165, 1.54) is 6.07 Å². The maximum absolute atomic E-state index is 13.4. The summed E-state index contributed by atoms with van der Waals surface area (Å²) in [5.41, 5.74) is 1.29. The van der Waals surface area contributed by atoms with Gasteiger partial charge in [0, 0.05) is 61.9 Å². The Balaban J connectivity index is 1.32. The average molecular weight is 568 g/mol. The predicted octanol–water partition coefficient (Wildman–Crippen LogP) is 5.72. The van der Waals surface area contributed by atoms with Crippen LogP contribution in [0, 0.1) is 5.92 Å². The molecule has 0 atom stereocenters. The number of carboxylic acid groups (broad SMARTS) is 1. The molecule has 2 aromatic carbocycles. The predicted molar refractivity (Wildman–Crippen MR) is 139 cm³/mol. The number of hydrogen-bond donors (Lipinski definition) is 1. The second-order valence-electron chi connectivity index (χ2n) is 10.0. The van der Waals surface area contributed by atoms with E-state index >= 15 is 0 Å². The molecule has 0 unspecified atom stereocenters. The first kappa shape index (κ1) is 26.8. The van der Waals surface area contributed by atoms with E-state index in [0.29, 0.717) is 71.8 Å². The van der Waals surface area contributed by atoms with Gasteiger partial charge >= 0.3 is 12.1 Å². The van der Waals surface area contributed by atoms with E-state index < -0.39 is 17.7 Å². The third-order valence-electron chi connectivity index (χ3n) is 7.83. The number of alkyl halides is 3. The Morgan fingerprint density at radius 3 is 2.34 bits per heavy atom. The molecule has 1 N–H and O–H groups in total. The third-order valence-corrected chi connectivity index (χ3v) is 8.61. The molecule has 1 amide bonds. The molecule has 1 saturated carbocycles. The van der Waals surface area contributed by atoms with Crippen molar-refractivity contribution in [1.29, 1.82) is 0 Å². The summed E-state index contributed by atoms with van der Waals surface area (Å²) in [6.45, 7) is 2.34. The summed E-state index contributed by atoms with van der Waals surface area (Å²) in [7, 11) is 1.69. The molecule has 1 aliphatic carbocycles. The highest BCUT2D eigenvalue weighted by atomic mass is 35.5. The van der Waals surface area contributed by atoms with Gasteiger partial charge in [0.2, 0.25) is 0 Å². The molecule has 38 heavy (non-hydrogen) atoms. The van der Waals surface area contributed by atoms with E-state index in [0.717, 1.165) is 12.1 Å². The van der Waals surface area contributed by atoms with Gasteiger partial charge in [-0.25, -0.2) is 0 Å². The molecule has 2 aliphatic rings. The van der Waals surface area contributed by atoms with Crippen LogP contribution in [0.25, 0.3) is 10.9 Å². The molecule has 11 heteroatoms. The molecule has 1 aliphatic heterocycles. The van der Waals surface area contributed by atoms with Gasteiger partial charge in [-0.15, -0.1) is 0 Å². The van der Waals surface area contributed by atoms with E-state index in [1.807, 2.05) is 0 Å². The van der Waals surface area contributed by atoms with Crippen LogP contribution in [0.3, 0.4) is 0 Å². The number of aromatic nitrogens is 1. The van der Waals surface area contributed by atoms with Crippen LogP contribution < -0.4 is 0 Å². The van der Waals surface area contributed by atoms with Gasteiger partial charge < -0.3 is 14.6 Å². The standard InChI is InChI=1S/C27H26Cl2F3N3O3/c1-33-18(10-15-2-3-17(13-23(15)33)27(30,31)32)14-21-22(28)5-4-20(24(21)29)25(36)35-8-6-34(7-9-35)19-11-16(12-19)26(37)38/h2-5,10,13,16,19H,6-9,11-12,14H2,1H3,(H,37,38). The van der Waals surface area contributed by atoms with Crippen molar-refractivity contribution in [2.24, 2.45) is 13.0 Å². The van der Waals surface area contributed by atoms with Gasteiger partial charge in [-0.05, 0) is 54.1 Å². The fraction of sp³-hybridized carbons (Fsp3) is 0.407. The highest BCUT2D eigenvalue weighted by molar-refractivity contribution is 6.38. The maximum Gasteiger partial charge on any atom is 0.416 e. The zero-order valence-electron chi connectivity index (χ0n) is 20.6. The second kappa shape index (κ2) is 10.1. The number of halogens is 5. The van der Waals surface area contributed by atoms with Crippen LogP contribution in [0.4, 0.5) is 13.2 Å². The number of rotatable bonds is 5. The lowest BCUT2D eigenvalue weighted by Crippen LogP contribution is -2.56. The largest absolute Gasteiger partial charge is 0.481 e. The number of hydrogen-bond acceptors (Lipinski definition) is 3. The van der Waals surface area contributed by atoms with Crippen LogP contribution in [0.2, 0.25) is 10.0 Å². The van der Waals surface area contributed by atoms with Gasteiger partial charge in [0.15, 0.2) is 0 Å². The number of aliphatic carboxylic acids is 1. The van der Waals surface area contributed by atoms with Crippen molar-refractivity contribution in [3.8, 4) is 0 Å². The molecule has 202 valence electrons. The van der Waals surface area contributed by atoms with Gasteiger partial charge in [-0.3, -0.25) is 14.5 Å². The molecule has 2 fully saturated rings. The van der Waals surface area contributed by atoms with E-state index in [1.54, 1.807) is 34.7 Å². The summed E-state index contributed by atoms with van der Waals surface area (Å²) in [6, 6.07) is 8.88. The molecule has 0 bridgehead atoms. The SMILES string of the molecule is Cn1c(Cc2c(Cl)ccc(C(=O)N3CCN(C4CC(C(=O)O)C4)CC3)c2Cl)cc2ccc(C(F)(F)F)cc21. The molecule has 0 radical (unpaired) electrons. The van der Waals surface area contributed by atoms with Crippen molar-refractivity contribution in [1.82, 2.24) is 14.4 Å². The minimum Gasteiger partial charge on any atom is -0.481 e. The Kier molecular flexibility index (Phi) is 7.13. The highest BCUT2D eigenvalue weighted by Gasteiger charge is 2.39. The fourth-order valence-corrected chi connectivity index (χ4v) is 5.97. The Bertz CT molecular complexity index is 1410. The van der Waals surface area contributed by atoms with Crippen LogP contribution in [0.1, 0.15) is 40.0 Å². The maximum atomic E-state index is 13.4. The van der Waals surface area contributed by atoms with Crippen LogP contribution >= 0.6 is 23.2 Å². The Morgan fingerprint density at radius 1 is 1.03 bits per heavy atom. The monoisotopic (exact) mass is 567 g/mol. The average Bonchev–Trinajstić information content (AvgIpc) is 3.14. The Labute approximate surface area is 227 Å². The number of carbonyl (C=O) groups is 2. The Morgan fingerprint density at radius 2 is 1.71 bits per heavy atom. The van der Waals surface area contributed by atoms with Gasteiger partial charge in [0.25, 0.3) is 5.91 Å². The van der Waals surface area contributed by atoms with Gasteiger partial charge in [0.1, 0.15) is 0 Å². The number of carbonyl (C=O) groups excluding carboxylic acids is 1. The number of carboxylic acids is 1. The van der Waals surface area contributed by atoms with E-state index in [-0.39, 0.29) is 29.3 Å². The summed E-state index contributed by atoms with van der Waals surface area (Å²) < 4.78 is 41.3. The van der Waals surface area contributed by atoms with Gasteiger partial charge in [0.05, 0.1) is 22.1 Å². The summed E-state index contributed by atoms with van der Waals surface area (Å²) >= 11 is 13.2. The lowest BCUT2D eigenvalue weighted by molar-refractivity contribution is -0.147. The lowest BCUT2D eigenvalue weighted by atomic mass is 9.79. The van der Waals surface area contributed by atoms with E-state index in [9.17, 15) is 22.8 Å². The van der Waals surface area contributed by atoms with Gasteiger partial charge in [-0.1, -0.05) is 29.3 Å². The van der Waals surface area contributed by atoms with Crippen molar-refractivity contribution in [2.45, 2.75) is 31.5 Å². The fourth-order valence-electron chi connectivity index (χ4n) is 5.39. The topological polar surface area (TPSA) is 65.8 Å². The molecule has 1 aromatic heterocycles. The number of aryl methyl sites for hydroxylation is 1. The number of amides is 1. The molecular weight excluding hydrogens is 542 g/mol. The Hall–Kier alpha value is -2.75. The van der Waals surface area contributed by atoms with Crippen LogP contribution in [0.15, 0.2) is 36.4 Å². The summed E-state index contributed by atoms with van der Waals surface area (Å²) in [4.78, 5) is 28.4. The lowest BCUT2D eigenvalue weighted by Gasteiger charge is -2.45. The molecule has 5 rings (SSSR count). The smallest absolute Gasteiger partial charge is 0.416 e. The van der Waals surface area contributed by atoms with Crippen LogP contribution in [-0.2, 0) is 24.4 Å². The molecule has 2 heterocycles. The second-order valence-corrected chi connectivity index (χ2v) is 10.8. The highest BCUT2D eigenvalue weighted by Crippen LogP contribution is 2.36. The van der Waals surface area contributed by atoms with Gasteiger partial charge in [-0.2, -0.15) is 13.2 Å². The first-order chi connectivity index (χ1) is 17.9. The molecule has 0 spiro atoms. The zero-order valence-corrected chi connectivity index (χ0v) is 22.1. The van der Waals surface area contributed by atoms with Crippen LogP contribution in [-0.4, -0.2) is 63.6 Å². The number of piperazine rings is 1. The molecule has 1 saturated heterocycles. The van der Waals surface area contributed by atoms with Crippen LogP contribution in [0.5, 0.6) is 0 Å². The van der Waals surface area contributed by atoms with Crippen molar-refractivity contribution in [3.05, 3.63) is 68.8 Å².